The minimum absolute atomic E-state index is 0.0392. The van der Waals surface area contributed by atoms with Crippen molar-refractivity contribution < 1.29 is 31.2 Å². The molecule has 0 fully saturated rings. The van der Waals surface area contributed by atoms with E-state index in [2.05, 4.69) is 5.32 Å². The fourth-order valence-electron chi connectivity index (χ4n) is 4.48. The number of nitrogens with one attached hydrogen (secondary N) is 1. The molecule has 0 unspecified atom stereocenters. The van der Waals surface area contributed by atoms with Gasteiger partial charge in [-0.3, -0.25) is 13.9 Å². The van der Waals surface area contributed by atoms with E-state index >= 15 is 0 Å². The number of rotatable bonds is 12. The predicted octanol–water partition coefficient (Wildman–Crippen LogP) is 6.58. The number of amides is 2. The molecule has 0 bridgehead atoms. The Balaban J connectivity index is 2.15. The lowest BCUT2D eigenvalue weighted by Gasteiger charge is -2.34. The number of aryl methyl sites for hydroxylation is 1. The lowest BCUT2D eigenvalue weighted by molar-refractivity contribution is -0.140. The van der Waals surface area contributed by atoms with Gasteiger partial charge in [-0.2, -0.15) is 13.2 Å². The molecule has 0 aliphatic rings. The van der Waals surface area contributed by atoms with Crippen LogP contribution in [0.3, 0.4) is 0 Å². The van der Waals surface area contributed by atoms with Crippen molar-refractivity contribution in [3.8, 4) is 0 Å². The second kappa shape index (κ2) is 14.3. The van der Waals surface area contributed by atoms with Gasteiger partial charge in [-0.05, 0) is 62.6 Å². The van der Waals surface area contributed by atoms with Crippen LogP contribution in [0.15, 0.2) is 77.7 Å². The van der Waals surface area contributed by atoms with Gasteiger partial charge in [0, 0.05) is 12.6 Å². The third-order valence-electron chi connectivity index (χ3n) is 6.97. The zero-order valence-corrected chi connectivity index (χ0v) is 25.9. The van der Waals surface area contributed by atoms with Gasteiger partial charge in [-0.15, -0.1) is 0 Å². The van der Waals surface area contributed by atoms with Crippen LogP contribution in [-0.2, 0) is 32.3 Å². The van der Waals surface area contributed by atoms with Crippen LogP contribution < -0.4 is 9.62 Å². The minimum Gasteiger partial charge on any atom is -0.352 e. The number of alkyl halides is 3. The summed E-state index contributed by atoms with van der Waals surface area (Å²) in [4.78, 5) is 28.5. The molecular weight excluding hydrogens is 603 g/mol. The van der Waals surface area contributed by atoms with Crippen molar-refractivity contribution in [3.63, 3.8) is 0 Å². The van der Waals surface area contributed by atoms with Crippen molar-refractivity contribution in [3.05, 3.63) is 94.5 Å². The number of anilines is 1. The van der Waals surface area contributed by atoms with E-state index in [-0.39, 0.29) is 28.9 Å². The maximum atomic E-state index is 14.1. The molecule has 0 saturated heterocycles. The first kappa shape index (κ1) is 33.9. The Bertz CT molecular complexity index is 1530. The summed E-state index contributed by atoms with van der Waals surface area (Å²) in [5.74, 6) is -1.21. The fourth-order valence-corrected chi connectivity index (χ4v) is 6.20. The summed E-state index contributed by atoms with van der Waals surface area (Å²) in [5.41, 5.74) is -0.0476. The standard InChI is InChI=1S/C31H35ClF3N3O4S/c1-5-22(4)36-30(40)27(6-2)37(19-23-12-10-11-21(3)17-23)29(39)20-38(43(41,42)25-13-8-7-9-14-25)28-18-24(31(33,34)35)15-16-26(28)32/h7-18,22,27H,5-6,19-20H2,1-4H3,(H,36,40)/t22-,27+/m0/s1. The van der Waals surface area contributed by atoms with Crippen LogP contribution in [0.5, 0.6) is 0 Å². The molecule has 0 spiro atoms. The lowest BCUT2D eigenvalue weighted by atomic mass is 10.1. The monoisotopic (exact) mass is 637 g/mol. The van der Waals surface area contributed by atoms with Gasteiger partial charge < -0.3 is 10.2 Å². The highest BCUT2D eigenvalue weighted by Crippen LogP contribution is 2.37. The number of hydrogen-bond acceptors (Lipinski definition) is 4. The Morgan fingerprint density at radius 2 is 1.63 bits per heavy atom. The second-order valence-electron chi connectivity index (χ2n) is 10.2. The topological polar surface area (TPSA) is 86.8 Å². The van der Waals surface area contributed by atoms with Crippen LogP contribution in [-0.4, -0.2) is 43.8 Å². The summed E-state index contributed by atoms with van der Waals surface area (Å²) >= 11 is 6.30. The van der Waals surface area contributed by atoms with Gasteiger partial charge in [0.25, 0.3) is 10.0 Å². The number of benzene rings is 3. The molecule has 0 radical (unpaired) electrons. The molecule has 3 aromatic carbocycles. The van der Waals surface area contributed by atoms with Gasteiger partial charge in [0.2, 0.25) is 11.8 Å². The smallest absolute Gasteiger partial charge is 0.352 e. The number of halogens is 4. The third kappa shape index (κ3) is 8.51. The molecular formula is C31H35ClF3N3O4S. The molecule has 12 heteroatoms. The number of carbonyl (C=O) groups excluding carboxylic acids is 2. The van der Waals surface area contributed by atoms with E-state index in [1.807, 2.05) is 32.9 Å². The van der Waals surface area contributed by atoms with E-state index in [9.17, 15) is 31.2 Å². The van der Waals surface area contributed by atoms with Crippen molar-refractivity contribution in [2.75, 3.05) is 10.8 Å². The maximum Gasteiger partial charge on any atom is 0.416 e. The highest BCUT2D eigenvalue weighted by Gasteiger charge is 2.37. The van der Waals surface area contributed by atoms with Crippen LogP contribution in [0.25, 0.3) is 0 Å². The van der Waals surface area contributed by atoms with Crippen molar-refractivity contribution >= 4 is 39.1 Å². The highest BCUT2D eigenvalue weighted by molar-refractivity contribution is 7.92. The molecule has 7 nitrogen and oxygen atoms in total. The quantitative estimate of drug-likeness (QED) is 0.243. The summed E-state index contributed by atoms with van der Waals surface area (Å²) in [5, 5.41) is 2.58. The lowest BCUT2D eigenvalue weighted by Crippen LogP contribution is -2.53. The van der Waals surface area contributed by atoms with Gasteiger partial charge in [0.05, 0.1) is 21.2 Å². The van der Waals surface area contributed by atoms with E-state index in [1.165, 1.54) is 29.2 Å². The first-order chi connectivity index (χ1) is 20.2. The third-order valence-corrected chi connectivity index (χ3v) is 9.07. The largest absolute Gasteiger partial charge is 0.416 e. The van der Waals surface area contributed by atoms with E-state index in [4.69, 9.17) is 11.6 Å². The number of hydrogen-bond donors (Lipinski definition) is 1. The fraction of sp³-hybridized carbons (Fsp3) is 0.355. The van der Waals surface area contributed by atoms with Gasteiger partial charge in [0.1, 0.15) is 12.6 Å². The van der Waals surface area contributed by atoms with Crippen molar-refractivity contribution in [2.45, 2.75) is 70.2 Å². The average Bonchev–Trinajstić information content (AvgIpc) is 2.95. The zero-order valence-electron chi connectivity index (χ0n) is 24.4. The summed E-state index contributed by atoms with van der Waals surface area (Å²) in [6.45, 7) is 6.36. The molecule has 3 aromatic rings. The molecule has 2 atom stereocenters. The molecule has 1 N–H and O–H groups in total. The second-order valence-corrected chi connectivity index (χ2v) is 12.5. The highest BCUT2D eigenvalue weighted by atomic mass is 35.5. The van der Waals surface area contributed by atoms with Crippen molar-refractivity contribution in [1.29, 1.82) is 0 Å². The summed E-state index contributed by atoms with van der Waals surface area (Å²) in [6, 6.07) is 15.4. The van der Waals surface area contributed by atoms with Gasteiger partial charge in [0.15, 0.2) is 0 Å². The molecule has 0 heterocycles. The summed E-state index contributed by atoms with van der Waals surface area (Å²) in [7, 11) is -4.59. The van der Waals surface area contributed by atoms with Crippen molar-refractivity contribution in [1.82, 2.24) is 10.2 Å². The number of carbonyl (C=O) groups is 2. The van der Waals surface area contributed by atoms with Crippen LogP contribution >= 0.6 is 11.6 Å². The minimum atomic E-state index is -4.80. The first-order valence-corrected chi connectivity index (χ1v) is 15.6. The van der Waals surface area contributed by atoms with E-state index in [1.54, 1.807) is 25.1 Å². The maximum absolute atomic E-state index is 14.1. The van der Waals surface area contributed by atoms with Gasteiger partial charge >= 0.3 is 6.18 Å². The molecule has 3 rings (SSSR count). The van der Waals surface area contributed by atoms with E-state index in [0.717, 1.165) is 17.7 Å². The molecule has 232 valence electrons. The Hall–Kier alpha value is -3.57. The Morgan fingerprint density at radius 3 is 2.21 bits per heavy atom. The average molecular weight is 638 g/mol. The molecule has 0 aliphatic heterocycles. The zero-order chi connectivity index (χ0) is 31.9. The number of sulfonamides is 1. The first-order valence-electron chi connectivity index (χ1n) is 13.8. The van der Waals surface area contributed by atoms with Crippen molar-refractivity contribution in [2.24, 2.45) is 0 Å². The van der Waals surface area contributed by atoms with Gasteiger partial charge in [-0.1, -0.05) is 73.5 Å². The molecule has 2 amide bonds. The van der Waals surface area contributed by atoms with Crippen LogP contribution in [0.4, 0.5) is 18.9 Å². The van der Waals surface area contributed by atoms with E-state index < -0.39 is 51.9 Å². The molecule has 0 aromatic heterocycles. The predicted molar refractivity (Wildman–Crippen MR) is 161 cm³/mol. The summed E-state index contributed by atoms with van der Waals surface area (Å²) < 4.78 is 69.4. The van der Waals surface area contributed by atoms with E-state index in [0.29, 0.717) is 22.4 Å². The molecule has 0 aliphatic carbocycles. The Kier molecular flexibility index (Phi) is 11.3. The SMILES string of the molecule is CC[C@H](C(=O)N[C@@H](C)CC)N(Cc1cccc(C)c1)C(=O)CN(c1cc(C(F)(F)F)ccc1Cl)S(=O)(=O)c1ccccc1. The number of nitrogens with zero attached hydrogens (tertiary/aromatic N) is 2. The normalized spacial score (nSPS) is 13.2. The molecule has 43 heavy (non-hydrogen) atoms. The van der Waals surface area contributed by atoms with Crippen LogP contribution in [0, 0.1) is 6.92 Å². The Labute approximate surface area is 255 Å². The van der Waals surface area contributed by atoms with Crippen LogP contribution in [0.2, 0.25) is 5.02 Å². The molecule has 0 saturated carbocycles. The summed E-state index contributed by atoms with van der Waals surface area (Å²) in [6.07, 6.45) is -3.95. The Morgan fingerprint density at radius 1 is 0.953 bits per heavy atom. The van der Waals surface area contributed by atoms with Gasteiger partial charge in [-0.25, -0.2) is 8.42 Å². The van der Waals surface area contributed by atoms with Crippen LogP contribution in [0.1, 0.15) is 50.3 Å².